The molecular formula is C12H7NO3. The summed E-state index contributed by atoms with van der Waals surface area (Å²) in [4.78, 5) is 25.4. The van der Waals surface area contributed by atoms with E-state index in [-0.39, 0.29) is 11.1 Å². The molecule has 78 valence electrons. The molecule has 16 heavy (non-hydrogen) atoms. The molecule has 2 heterocycles. The minimum Gasteiger partial charge on any atom is -0.464 e. The van der Waals surface area contributed by atoms with Crippen molar-refractivity contribution in [3.8, 4) is 0 Å². The molecule has 0 unspecified atom stereocenters. The number of H-pyrrole nitrogens is 1. The second kappa shape index (κ2) is 3.06. The Hall–Kier alpha value is -2.36. The normalized spacial score (nSPS) is 11.0. The van der Waals surface area contributed by atoms with Gasteiger partial charge in [-0.25, -0.2) is 0 Å². The lowest BCUT2D eigenvalue weighted by Gasteiger charge is -1.88. The van der Waals surface area contributed by atoms with Crippen LogP contribution >= 0.6 is 0 Å². The van der Waals surface area contributed by atoms with Crippen molar-refractivity contribution in [2.75, 3.05) is 0 Å². The molecule has 0 atom stereocenters. The minimum absolute atomic E-state index is 0.356. The van der Waals surface area contributed by atoms with E-state index in [0.717, 1.165) is 0 Å². The van der Waals surface area contributed by atoms with Gasteiger partial charge in [-0.2, -0.15) is 0 Å². The fourth-order valence-electron chi connectivity index (χ4n) is 1.85. The molecule has 0 saturated heterocycles. The molecule has 0 aliphatic carbocycles. The smallest absolute Gasteiger partial charge is 0.259 e. The van der Waals surface area contributed by atoms with Crippen molar-refractivity contribution in [2.24, 2.45) is 0 Å². The highest BCUT2D eigenvalue weighted by atomic mass is 16.3. The number of aromatic nitrogens is 1. The number of para-hydroxylation sites is 1. The third kappa shape index (κ3) is 1.10. The van der Waals surface area contributed by atoms with E-state index in [0.29, 0.717) is 21.4 Å². The van der Waals surface area contributed by atoms with Gasteiger partial charge in [0, 0.05) is 5.39 Å². The molecular weight excluding hydrogens is 206 g/mol. The van der Waals surface area contributed by atoms with Gasteiger partial charge in [0.2, 0.25) is 0 Å². The number of benzene rings is 1. The predicted octanol–water partition coefficient (Wildman–Crippen LogP) is 1.21. The lowest BCUT2D eigenvalue weighted by atomic mass is 10.2. The predicted molar refractivity (Wildman–Crippen MR) is 58.4 cm³/mol. The molecule has 0 spiro atoms. The van der Waals surface area contributed by atoms with Crippen LogP contribution in [0.15, 0.2) is 50.6 Å². The zero-order valence-electron chi connectivity index (χ0n) is 8.19. The first-order valence-corrected chi connectivity index (χ1v) is 4.80. The summed E-state index contributed by atoms with van der Waals surface area (Å²) in [7, 11) is 0. The standard InChI is InChI=1S/C12H7NO3/c14-11-8-5-6-16-9-4-2-1-3-7(9)10(8)12(15)13-11/h1-6H,(H,13,14,15). The summed E-state index contributed by atoms with van der Waals surface area (Å²) in [5, 5.41) is 1.38. The van der Waals surface area contributed by atoms with Crippen molar-refractivity contribution in [1.82, 2.24) is 4.98 Å². The molecule has 4 nitrogen and oxygen atoms in total. The van der Waals surface area contributed by atoms with Gasteiger partial charge in [0.15, 0.2) is 0 Å². The molecule has 1 aromatic carbocycles. The second-order valence-electron chi connectivity index (χ2n) is 3.49. The Morgan fingerprint density at radius 1 is 1.00 bits per heavy atom. The molecule has 0 bridgehead atoms. The molecule has 0 saturated carbocycles. The summed E-state index contributed by atoms with van der Waals surface area (Å²) in [5.74, 6) is 0. The quantitative estimate of drug-likeness (QED) is 0.610. The Labute approximate surface area is 88.8 Å². The van der Waals surface area contributed by atoms with Gasteiger partial charge in [-0.05, 0) is 12.1 Å². The molecule has 1 N–H and O–H groups in total. The van der Waals surface area contributed by atoms with Crippen LogP contribution in [0.1, 0.15) is 0 Å². The number of fused-ring (bicyclic) bond motifs is 2. The van der Waals surface area contributed by atoms with Gasteiger partial charge in [-0.1, -0.05) is 18.2 Å². The Kier molecular flexibility index (Phi) is 1.71. The molecule has 3 rings (SSSR count). The fourth-order valence-corrected chi connectivity index (χ4v) is 1.85. The van der Waals surface area contributed by atoms with E-state index in [4.69, 9.17) is 4.42 Å². The van der Waals surface area contributed by atoms with E-state index < -0.39 is 0 Å². The summed E-state index contributed by atoms with van der Waals surface area (Å²) in [6, 6.07) is 8.64. The van der Waals surface area contributed by atoms with Crippen LogP contribution in [0.4, 0.5) is 0 Å². The highest BCUT2D eigenvalue weighted by Crippen LogP contribution is 2.12. The highest BCUT2D eigenvalue weighted by molar-refractivity contribution is 5.76. The average Bonchev–Trinajstić information content (AvgIpc) is 2.49. The van der Waals surface area contributed by atoms with Gasteiger partial charge in [-0.15, -0.1) is 0 Å². The highest BCUT2D eigenvalue weighted by Gasteiger charge is 2.04. The lowest BCUT2D eigenvalue weighted by Crippen LogP contribution is -2.07. The monoisotopic (exact) mass is 213 g/mol. The Morgan fingerprint density at radius 2 is 1.81 bits per heavy atom. The van der Waals surface area contributed by atoms with E-state index in [2.05, 4.69) is 4.98 Å². The first-order valence-electron chi connectivity index (χ1n) is 4.80. The molecule has 0 aromatic heterocycles. The Balaban J connectivity index is 2.88. The maximum atomic E-state index is 11.7. The largest absolute Gasteiger partial charge is 0.464 e. The van der Waals surface area contributed by atoms with Crippen LogP contribution in [0.5, 0.6) is 0 Å². The maximum absolute atomic E-state index is 11.7. The fraction of sp³-hybridized carbons (Fsp3) is 0. The SMILES string of the molecule is O=c1[nH]c(=O)c2c3ccccc3occc1=2. The number of hydrogen-bond donors (Lipinski definition) is 1. The molecule has 0 fully saturated rings. The first-order chi connectivity index (χ1) is 7.77. The van der Waals surface area contributed by atoms with Gasteiger partial charge in [0.25, 0.3) is 11.1 Å². The van der Waals surface area contributed by atoms with Gasteiger partial charge < -0.3 is 4.42 Å². The molecule has 0 radical (unpaired) electrons. The molecule has 2 aliphatic heterocycles. The van der Waals surface area contributed by atoms with E-state index in [9.17, 15) is 9.59 Å². The van der Waals surface area contributed by atoms with Crippen LogP contribution in [0.3, 0.4) is 0 Å². The number of hydrogen-bond acceptors (Lipinski definition) is 3. The summed E-state index contributed by atoms with van der Waals surface area (Å²) < 4.78 is 5.33. The Bertz CT molecular complexity index is 844. The van der Waals surface area contributed by atoms with Gasteiger partial charge in [-0.3, -0.25) is 14.6 Å². The second-order valence-corrected chi connectivity index (χ2v) is 3.49. The van der Waals surface area contributed by atoms with Crippen molar-refractivity contribution in [1.29, 1.82) is 0 Å². The third-order valence-electron chi connectivity index (χ3n) is 2.55. The van der Waals surface area contributed by atoms with Gasteiger partial charge in [0.1, 0.15) is 5.58 Å². The van der Waals surface area contributed by atoms with Gasteiger partial charge in [0.05, 0.1) is 16.7 Å². The summed E-state index contributed by atoms with van der Waals surface area (Å²) in [6.45, 7) is 0. The van der Waals surface area contributed by atoms with Crippen LogP contribution < -0.4 is 11.1 Å². The number of nitrogens with one attached hydrogen (secondary N) is 1. The third-order valence-corrected chi connectivity index (χ3v) is 2.55. The van der Waals surface area contributed by atoms with Crippen molar-refractivity contribution in [3.05, 3.63) is 67.7 Å². The lowest BCUT2D eigenvalue weighted by molar-refractivity contribution is 0.607. The van der Waals surface area contributed by atoms with Crippen LogP contribution in [0, 0.1) is 10.4 Å². The van der Waals surface area contributed by atoms with Crippen molar-refractivity contribution >= 4 is 11.0 Å². The summed E-state index contributed by atoms with van der Waals surface area (Å²) >= 11 is 0. The zero-order valence-corrected chi connectivity index (χ0v) is 8.19. The minimum atomic E-state index is -0.378. The summed E-state index contributed by atoms with van der Waals surface area (Å²) in [6.07, 6.45) is 1.42. The molecule has 1 aromatic rings. The zero-order chi connectivity index (χ0) is 11.1. The van der Waals surface area contributed by atoms with E-state index in [1.165, 1.54) is 12.3 Å². The number of rotatable bonds is 0. The number of aromatic amines is 1. The van der Waals surface area contributed by atoms with Crippen LogP contribution in [0.2, 0.25) is 0 Å². The molecule has 4 heteroatoms. The molecule has 2 aliphatic rings. The topological polar surface area (TPSA) is 63.1 Å². The van der Waals surface area contributed by atoms with E-state index in [1.54, 1.807) is 18.2 Å². The van der Waals surface area contributed by atoms with Crippen molar-refractivity contribution in [2.45, 2.75) is 0 Å². The van der Waals surface area contributed by atoms with Crippen LogP contribution in [0.25, 0.3) is 11.0 Å². The maximum Gasteiger partial charge on any atom is 0.259 e. The van der Waals surface area contributed by atoms with Crippen molar-refractivity contribution in [3.63, 3.8) is 0 Å². The van der Waals surface area contributed by atoms with Crippen LogP contribution in [-0.2, 0) is 0 Å². The van der Waals surface area contributed by atoms with E-state index >= 15 is 0 Å². The van der Waals surface area contributed by atoms with Crippen molar-refractivity contribution < 1.29 is 4.42 Å². The van der Waals surface area contributed by atoms with Crippen LogP contribution in [-0.4, -0.2) is 4.98 Å². The molecule has 0 amide bonds. The van der Waals surface area contributed by atoms with E-state index in [1.807, 2.05) is 6.07 Å². The van der Waals surface area contributed by atoms with Gasteiger partial charge >= 0.3 is 0 Å². The Morgan fingerprint density at radius 3 is 2.69 bits per heavy atom. The first kappa shape index (κ1) is 8.91. The summed E-state index contributed by atoms with van der Waals surface area (Å²) in [5.41, 5.74) is -0.173. The average molecular weight is 213 g/mol.